The summed E-state index contributed by atoms with van der Waals surface area (Å²) >= 11 is 0. The first-order chi connectivity index (χ1) is 19.9. The second kappa shape index (κ2) is 14.8. The molecule has 4 rings (SSSR count). The minimum atomic E-state index is -1.49. The fourth-order valence-electron chi connectivity index (χ4n) is 4.42. The van der Waals surface area contributed by atoms with Crippen LogP contribution in [0.2, 0.25) is 0 Å². The normalized spacial score (nSPS) is 13.1. The molecule has 0 saturated carbocycles. The van der Waals surface area contributed by atoms with E-state index >= 15 is 0 Å². The summed E-state index contributed by atoms with van der Waals surface area (Å²) in [6.45, 7) is 2.50. The van der Waals surface area contributed by atoms with Crippen molar-refractivity contribution >= 4 is 12.0 Å². The minimum absolute atomic E-state index is 0.00764. The molecule has 8 heteroatoms. The molecule has 0 aliphatic heterocycles. The van der Waals surface area contributed by atoms with Crippen molar-refractivity contribution in [1.29, 1.82) is 0 Å². The van der Waals surface area contributed by atoms with E-state index in [4.69, 9.17) is 9.15 Å². The number of hydrogen-bond donors (Lipinski definition) is 3. The predicted octanol–water partition coefficient (Wildman–Crippen LogP) is 5.62. The molecule has 0 aliphatic carbocycles. The lowest BCUT2D eigenvalue weighted by molar-refractivity contribution is -0.123. The van der Waals surface area contributed by atoms with Gasteiger partial charge in [0, 0.05) is 18.5 Å². The number of carbonyl (C=O) groups excluding carboxylic acids is 2. The lowest BCUT2D eigenvalue weighted by atomic mass is 9.94. The third-order valence-electron chi connectivity index (χ3n) is 6.86. The van der Waals surface area contributed by atoms with Crippen molar-refractivity contribution < 1.29 is 23.8 Å². The van der Waals surface area contributed by atoms with Crippen LogP contribution in [0.1, 0.15) is 43.2 Å². The summed E-state index contributed by atoms with van der Waals surface area (Å²) in [5, 5.41) is 17.3. The fourth-order valence-corrected chi connectivity index (χ4v) is 4.42. The quantitative estimate of drug-likeness (QED) is 0.186. The molecule has 3 N–H and O–H groups in total. The van der Waals surface area contributed by atoms with E-state index in [0.29, 0.717) is 31.6 Å². The molecule has 214 valence electrons. The second-order valence-electron chi connectivity index (χ2n) is 10.3. The molecule has 41 heavy (non-hydrogen) atoms. The van der Waals surface area contributed by atoms with Crippen molar-refractivity contribution in [2.75, 3.05) is 13.1 Å². The molecule has 0 spiro atoms. The van der Waals surface area contributed by atoms with E-state index in [-0.39, 0.29) is 37.3 Å². The van der Waals surface area contributed by atoms with E-state index in [2.05, 4.69) is 15.6 Å². The van der Waals surface area contributed by atoms with Crippen LogP contribution in [0.5, 0.6) is 0 Å². The number of nitrogens with zero attached hydrogens (tertiary/aromatic N) is 1. The summed E-state index contributed by atoms with van der Waals surface area (Å²) in [5.41, 5.74) is 1.34. The van der Waals surface area contributed by atoms with Gasteiger partial charge in [0.1, 0.15) is 6.61 Å². The zero-order valence-electron chi connectivity index (χ0n) is 23.3. The van der Waals surface area contributed by atoms with Crippen molar-refractivity contribution in [1.82, 2.24) is 15.6 Å². The fraction of sp³-hybridized carbons (Fsp3) is 0.303. The Hall–Kier alpha value is -4.43. The first kappa shape index (κ1) is 29.6. The van der Waals surface area contributed by atoms with Gasteiger partial charge in [-0.25, -0.2) is 9.78 Å². The van der Waals surface area contributed by atoms with E-state index in [1.54, 1.807) is 6.20 Å². The standard InChI is InChI=1S/C33H37N3O5/c1-25(18-20-34-32(38)40-23-27-13-7-3-8-14-27)21-30(37)36-24-33(39,19-17-26-11-5-2-6-12-26)31-35-22-29(41-31)28-15-9-4-10-16-28/h2-16,22,25,39H,17-21,23-24H2,1H3,(H,34,38)(H,36,37). The molecular weight excluding hydrogens is 518 g/mol. The maximum absolute atomic E-state index is 12.8. The van der Waals surface area contributed by atoms with Crippen molar-refractivity contribution in [2.45, 2.75) is 44.8 Å². The summed E-state index contributed by atoms with van der Waals surface area (Å²) in [4.78, 5) is 29.2. The van der Waals surface area contributed by atoms with Crippen LogP contribution < -0.4 is 10.6 Å². The molecule has 2 atom stereocenters. The molecule has 0 bridgehead atoms. The highest BCUT2D eigenvalue weighted by molar-refractivity contribution is 5.76. The zero-order valence-corrected chi connectivity index (χ0v) is 23.3. The molecule has 1 heterocycles. The van der Waals surface area contributed by atoms with Gasteiger partial charge < -0.3 is 24.9 Å². The molecule has 0 saturated heterocycles. The SMILES string of the molecule is CC(CCNC(=O)OCc1ccccc1)CC(=O)NCC(O)(CCc1ccccc1)c1ncc(-c2ccccc2)o1. The van der Waals surface area contributed by atoms with Crippen LogP contribution in [0.4, 0.5) is 4.79 Å². The molecule has 0 fully saturated rings. The number of aryl methyl sites for hydroxylation is 1. The van der Waals surface area contributed by atoms with Gasteiger partial charge in [-0.1, -0.05) is 97.9 Å². The van der Waals surface area contributed by atoms with Crippen LogP contribution in [0.25, 0.3) is 11.3 Å². The Morgan fingerprint density at radius 2 is 1.56 bits per heavy atom. The van der Waals surface area contributed by atoms with E-state index in [9.17, 15) is 14.7 Å². The molecule has 2 unspecified atom stereocenters. The van der Waals surface area contributed by atoms with Gasteiger partial charge in [0.05, 0.1) is 12.7 Å². The maximum Gasteiger partial charge on any atom is 0.407 e. The Morgan fingerprint density at radius 1 is 0.927 bits per heavy atom. The van der Waals surface area contributed by atoms with Crippen LogP contribution in [0.15, 0.2) is 102 Å². The lowest BCUT2D eigenvalue weighted by Gasteiger charge is -2.26. The number of benzene rings is 3. The number of aliphatic hydroxyl groups is 1. The molecule has 8 nitrogen and oxygen atoms in total. The summed E-state index contributed by atoms with van der Waals surface area (Å²) in [5.74, 6) is 0.526. The lowest BCUT2D eigenvalue weighted by Crippen LogP contribution is -2.42. The Kier molecular flexibility index (Phi) is 10.7. The van der Waals surface area contributed by atoms with Gasteiger partial charge in [0.15, 0.2) is 11.4 Å². The number of carbonyl (C=O) groups is 2. The number of rotatable bonds is 14. The van der Waals surface area contributed by atoms with Crippen molar-refractivity contribution in [3.8, 4) is 11.3 Å². The Morgan fingerprint density at radius 3 is 2.24 bits per heavy atom. The highest BCUT2D eigenvalue weighted by atomic mass is 16.5. The van der Waals surface area contributed by atoms with Gasteiger partial charge in [-0.15, -0.1) is 0 Å². The van der Waals surface area contributed by atoms with Crippen molar-refractivity contribution in [2.24, 2.45) is 5.92 Å². The molecular formula is C33H37N3O5. The van der Waals surface area contributed by atoms with Crippen LogP contribution >= 0.6 is 0 Å². The molecule has 3 aromatic carbocycles. The number of amides is 2. The van der Waals surface area contributed by atoms with Gasteiger partial charge in [-0.2, -0.15) is 0 Å². The summed E-state index contributed by atoms with van der Waals surface area (Å²) in [6.07, 6.45) is 2.85. The number of nitrogens with one attached hydrogen (secondary N) is 2. The smallest absolute Gasteiger partial charge is 0.407 e. The van der Waals surface area contributed by atoms with Gasteiger partial charge in [-0.3, -0.25) is 4.79 Å². The largest absolute Gasteiger partial charge is 0.445 e. The third kappa shape index (κ3) is 9.32. The van der Waals surface area contributed by atoms with Gasteiger partial charge in [-0.05, 0) is 36.3 Å². The van der Waals surface area contributed by atoms with E-state index in [0.717, 1.165) is 16.7 Å². The highest BCUT2D eigenvalue weighted by Gasteiger charge is 2.35. The summed E-state index contributed by atoms with van der Waals surface area (Å²) < 4.78 is 11.2. The molecule has 2 amide bonds. The maximum atomic E-state index is 12.8. The molecule has 0 aliphatic rings. The monoisotopic (exact) mass is 555 g/mol. The number of aromatic nitrogens is 1. The Balaban J connectivity index is 1.28. The van der Waals surface area contributed by atoms with Gasteiger partial charge >= 0.3 is 6.09 Å². The molecule has 1 aromatic heterocycles. The predicted molar refractivity (Wildman–Crippen MR) is 157 cm³/mol. The first-order valence-corrected chi connectivity index (χ1v) is 13.9. The van der Waals surface area contributed by atoms with E-state index < -0.39 is 11.7 Å². The van der Waals surface area contributed by atoms with E-state index in [1.807, 2.05) is 97.9 Å². The van der Waals surface area contributed by atoms with Crippen LogP contribution in [-0.2, 0) is 28.2 Å². The van der Waals surface area contributed by atoms with Crippen LogP contribution in [0.3, 0.4) is 0 Å². The third-order valence-corrected chi connectivity index (χ3v) is 6.86. The summed E-state index contributed by atoms with van der Waals surface area (Å²) in [7, 11) is 0. The number of ether oxygens (including phenoxy) is 1. The average molecular weight is 556 g/mol. The van der Waals surface area contributed by atoms with Crippen molar-refractivity contribution in [3.05, 3.63) is 114 Å². The summed E-state index contributed by atoms with van der Waals surface area (Å²) in [6, 6.07) is 28.9. The first-order valence-electron chi connectivity index (χ1n) is 13.9. The second-order valence-corrected chi connectivity index (χ2v) is 10.3. The number of hydrogen-bond acceptors (Lipinski definition) is 6. The Bertz CT molecular complexity index is 1360. The van der Waals surface area contributed by atoms with E-state index in [1.165, 1.54) is 0 Å². The number of oxazole rings is 1. The van der Waals surface area contributed by atoms with Gasteiger partial charge in [0.25, 0.3) is 0 Å². The van der Waals surface area contributed by atoms with Crippen LogP contribution in [-0.4, -0.2) is 35.2 Å². The zero-order chi connectivity index (χ0) is 28.9. The van der Waals surface area contributed by atoms with Gasteiger partial charge in [0.2, 0.25) is 11.8 Å². The minimum Gasteiger partial charge on any atom is -0.445 e. The van der Waals surface area contributed by atoms with Crippen molar-refractivity contribution in [3.63, 3.8) is 0 Å². The molecule has 4 aromatic rings. The number of alkyl carbamates (subject to hydrolysis) is 1. The average Bonchev–Trinajstić information content (AvgIpc) is 3.51. The van der Waals surface area contributed by atoms with Crippen LogP contribution in [0, 0.1) is 5.92 Å². The Labute approximate surface area is 240 Å². The highest BCUT2D eigenvalue weighted by Crippen LogP contribution is 2.30. The molecule has 0 radical (unpaired) electrons. The topological polar surface area (TPSA) is 114 Å².